The molecule has 4 aromatic carbocycles. The maximum Gasteiger partial charge on any atom is 0.126 e. The molecule has 0 radical (unpaired) electrons. The van der Waals surface area contributed by atoms with Gasteiger partial charge in [-0.15, -0.1) is 0 Å². The lowest BCUT2D eigenvalue weighted by Crippen LogP contribution is -2.12. The zero-order chi connectivity index (χ0) is 31.0. The first kappa shape index (κ1) is 31.3. The first-order valence-corrected chi connectivity index (χ1v) is 14.9. The van der Waals surface area contributed by atoms with E-state index in [-0.39, 0.29) is 11.2 Å². The van der Waals surface area contributed by atoms with E-state index in [1.54, 1.807) is 0 Å². The van der Waals surface area contributed by atoms with E-state index in [0.29, 0.717) is 5.92 Å². The van der Waals surface area contributed by atoms with E-state index in [9.17, 15) is 4.79 Å². The molecule has 1 unspecified atom stereocenters. The second-order valence-corrected chi connectivity index (χ2v) is 12.1. The van der Waals surface area contributed by atoms with Crippen molar-refractivity contribution >= 4 is 33.7 Å². The summed E-state index contributed by atoms with van der Waals surface area (Å²) in [6, 6.07) is 36.3. The number of rotatable bonds is 2. The summed E-state index contributed by atoms with van der Waals surface area (Å²) in [6.45, 7) is 15.7. The Bertz CT molecular complexity index is 1750. The summed E-state index contributed by atoms with van der Waals surface area (Å²) >= 11 is 0. The number of nitrogens with one attached hydrogen (secondary N) is 2. The van der Waals surface area contributed by atoms with E-state index in [2.05, 4.69) is 135 Å². The Labute approximate surface area is 256 Å². The van der Waals surface area contributed by atoms with E-state index >= 15 is 0 Å². The fourth-order valence-electron chi connectivity index (χ4n) is 5.65. The monoisotopic (exact) mass is 568 g/mol. The van der Waals surface area contributed by atoms with Gasteiger partial charge in [0, 0.05) is 34.2 Å². The van der Waals surface area contributed by atoms with Gasteiger partial charge in [0.1, 0.15) is 5.78 Å². The molecule has 2 heterocycles. The fraction of sp³-hybridized carbons (Fsp3) is 0.225. The quantitative estimate of drug-likeness (QED) is 0.214. The number of benzene rings is 4. The highest BCUT2D eigenvalue weighted by molar-refractivity contribution is 5.87. The number of Topliss-reactive ketones (excluding diaryl/α,β-unsaturated/α-hetero) is 1. The van der Waals surface area contributed by atoms with Gasteiger partial charge in [-0.05, 0) is 79.8 Å². The van der Waals surface area contributed by atoms with Crippen molar-refractivity contribution in [3.63, 3.8) is 0 Å². The minimum atomic E-state index is 0.167. The molecule has 0 saturated carbocycles. The van der Waals surface area contributed by atoms with Gasteiger partial charge in [-0.2, -0.15) is 0 Å². The van der Waals surface area contributed by atoms with Crippen molar-refractivity contribution in [3.8, 4) is 0 Å². The Morgan fingerprint density at radius 1 is 0.791 bits per heavy atom. The van der Waals surface area contributed by atoms with Crippen LogP contribution < -0.4 is 0 Å². The molecule has 43 heavy (non-hydrogen) atoms. The molecule has 1 aliphatic carbocycles. The molecule has 0 fully saturated rings. The predicted octanol–water partition coefficient (Wildman–Crippen LogP) is 10.7. The highest BCUT2D eigenvalue weighted by atomic mass is 16.1. The van der Waals surface area contributed by atoms with Gasteiger partial charge in [-0.3, -0.25) is 0 Å². The number of aromatic amines is 2. The summed E-state index contributed by atoms with van der Waals surface area (Å²) in [7, 11) is 0. The molecule has 220 valence electrons. The third kappa shape index (κ3) is 8.02. The molecule has 7 rings (SSSR count). The summed E-state index contributed by atoms with van der Waals surface area (Å²) in [6.07, 6.45) is 4.98. The normalized spacial score (nSPS) is 14.3. The zero-order valence-corrected chi connectivity index (χ0v) is 26.4. The lowest BCUT2D eigenvalue weighted by molar-refractivity contribution is -0.114. The molecule has 0 saturated heterocycles. The van der Waals surface area contributed by atoms with Gasteiger partial charge in [0.15, 0.2) is 0 Å². The van der Waals surface area contributed by atoms with Crippen LogP contribution in [0.3, 0.4) is 0 Å². The molecule has 3 nitrogen and oxygen atoms in total. The van der Waals surface area contributed by atoms with Crippen LogP contribution in [-0.2, 0) is 10.2 Å². The van der Waals surface area contributed by atoms with Gasteiger partial charge >= 0.3 is 0 Å². The van der Waals surface area contributed by atoms with Crippen LogP contribution in [0.2, 0.25) is 0 Å². The lowest BCUT2D eigenvalue weighted by atomic mass is 9.83. The first-order chi connectivity index (χ1) is 20.6. The van der Waals surface area contributed by atoms with Crippen molar-refractivity contribution in [1.29, 1.82) is 0 Å². The second kappa shape index (κ2) is 14.0. The number of fused-ring (bicyclic) bond motifs is 4. The molecule has 0 amide bonds. The molecule has 0 spiro atoms. The number of hydrogen-bond donors (Lipinski definition) is 2. The Morgan fingerprint density at radius 3 is 1.95 bits per heavy atom. The summed E-state index contributed by atoms with van der Waals surface area (Å²) in [5.41, 5.74) is 10.9. The first-order valence-electron chi connectivity index (χ1n) is 14.9. The third-order valence-electron chi connectivity index (χ3n) is 7.73. The topological polar surface area (TPSA) is 48.6 Å². The number of carbonyl (C=O) groups is 1. The number of para-hydroxylation sites is 2. The third-order valence-corrected chi connectivity index (χ3v) is 7.73. The number of hydrogen-bond acceptors (Lipinski definition) is 1. The number of carbonyl (C=O) groups excluding carboxylic acids is 1. The predicted molar refractivity (Wildman–Crippen MR) is 185 cm³/mol. The van der Waals surface area contributed by atoms with Crippen molar-refractivity contribution < 1.29 is 4.79 Å². The van der Waals surface area contributed by atoms with Crippen molar-refractivity contribution in [2.45, 2.75) is 59.3 Å². The van der Waals surface area contributed by atoms with Crippen LogP contribution in [0.1, 0.15) is 73.5 Å². The average molecular weight is 569 g/mol. The SMILES string of the molecule is C=Cc1ccc(C)cc1.CC(C)=O.Cc1ccc(C2CC(C)(C)c3c2[nH]c2ccccc32)cc1.c1ccc2[nH]ccc2c1. The molecule has 6 aromatic rings. The average Bonchev–Trinajstić information content (AvgIpc) is 3.69. The molecule has 0 aliphatic heterocycles. The van der Waals surface area contributed by atoms with E-state index < -0.39 is 0 Å². The van der Waals surface area contributed by atoms with Crippen LogP contribution in [0.15, 0.2) is 116 Å². The Hall–Kier alpha value is -4.63. The van der Waals surface area contributed by atoms with Gasteiger partial charge in [-0.25, -0.2) is 0 Å². The van der Waals surface area contributed by atoms with Gasteiger partial charge < -0.3 is 14.8 Å². The summed E-state index contributed by atoms with van der Waals surface area (Å²) < 4.78 is 0. The van der Waals surface area contributed by atoms with Gasteiger partial charge in [0.2, 0.25) is 0 Å². The molecule has 3 heteroatoms. The standard InChI is InChI=1S/C20H21N.C9H10.C8H7N.C3H6O/c1-13-8-10-14(11-9-13)16-12-20(2,3)18-15-6-4-5-7-17(15)21-19(16)18;1-3-9-6-4-8(2)5-7-9;1-2-4-8-7(3-1)5-6-9-8;1-3(2)4/h4-11,16,21H,12H2,1-3H3;3-7H,1H2,2H3;1-6,9H;1-2H3. The minimum absolute atomic E-state index is 0.167. The van der Waals surface area contributed by atoms with E-state index in [4.69, 9.17) is 0 Å². The summed E-state index contributed by atoms with van der Waals surface area (Å²) in [5, 5.41) is 2.67. The highest BCUT2D eigenvalue weighted by Crippen LogP contribution is 2.51. The Morgan fingerprint density at radius 2 is 1.35 bits per heavy atom. The van der Waals surface area contributed by atoms with Crippen LogP contribution in [0.4, 0.5) is 0 Å². The largest absolute Gasteiger partial charge is 0.361 e. The number of aryl methyl sites for hydroxylation is 2. The minimum Gasteiger partial charge on any atom is -0.361 e. The maximum atomic E-state index is 9.44. The maximum absolute atomic E-state index is 9.44. The zero-order valence-electron chi connectivity index (χ0n) is 26.4. The van der Waals surface area contributed by atoms with E-state index in [0.717, 1.165) is 0 Å². The Kier molecular flexibility index (Phi) is 10.2. The number of H-pyrrole nitrogens is 2. The molecular formula is C40H44N2O. The summed E-state index contributed by atoms with van der Waals surface area (Å²) in [4.78, 5) is 16.3. The van der Waals surface area contributed by atoms with Crippen LogP contribution in [0, 0.1) is 13.8 Å². The summed E-state index contributed by atoms with van der Waals surface area (Å²) in [5.74, 6) is 0.656. The van der Waals surface area contributed by atoms with Crippen LogP contribution in [-0.4, -0.2) is 15.8 Å². The molecule has 2 N–H and O–H groups in total. The van der Waals surface area contributed by atoms with Crippen LogP contribution in [0.5, 0.6) is 0 Å². The van der Waals surface area contributed by atoms with Gasteiger partial charge in [0.25, 0.3) is 0 Å². The van der Waals surface area contributed by atoms with Gasteiger partial charge in [-0.1, -0.05) is 123 Å². The number of ketones is 1. The molecular weight excluding hydrogens is 524 g/mol. The second-order valence-electron chi connectivity index (χ2n) is 12.1. The van der Waals surface area contributed by atoms with Crippen molar-refractivity contribution in [3.05, 3.63) is 149 Å². The molecule has 2 aromatic heterocycles. The van der Waals surface area contributed by atoms with Crippen molar-refractivity contribution in [2.75, 3.05) is 0 Å². The molecule has 1 aliphatic rings. The molecule has 0 bridgehead atoms. The van der Waals surface area contributed by atoms with Crippen LogP contribution in [0.25, 0.3) is 27.9 Å². The van der Waals surface area contributed by atoms with E-state index in [1.165, 1.54) is 75.6 Å². The van der Waals surface area contributed by atoms with Gasteiger partial charge in [0.05, 0.1) is 0 Å². The van der Waals surface area contributed by atoms with Crippen LogP contribution >= 0.6 is 0 Å². The molecule has 1 atom stereocenters. The highest BCUT2D eigenvalue weighted by Gasteiger charge is 2.40. The fourth-order valence-corrected chi connectivity index (χ4v) is 5.65. The lowest BCUT2D eigenvalue weighted by Gasteiger charge is -2.20. The van der Waals surface area contributed by atoms with Crippen molar-refractivity contribution in [1.82, 2.24) is 9.97 Å². The van der Waals surface area contributed by atoms with Crippen molar-refractivity contribution in [2.24, 2.45) is 0 Å². The Balaban J connectivity index is 0.000000159. The number of aromatic nitrogens is 2. The van der Waals surface area contributed by atoms with E-state index in [1.807, 2.05) is 24.4 Å². The smallest absolute Gasteiger partial charge is 0.126 e.